The Morgan fingerprint density at radius 1 is 1.00 bits per heavy atom. The number of aromatic nitrogens is 2. The molecule has 3 fully saturated rings. The maximum absolute atomic E-state index is 9.73. The minimum atomic E-state index is 0.269. The van der Waals surface area contributed by atoms with Gasteiger partial charge >= 0.3 is 0 Å². The van der Waals surface area contributed by atoms with Crippen molar-refractivity contribution in [2.24, 2.45) is 29.1 Å². The van der Waals surface area contributed by atoms with E-state index in [0.717, 1.165) is 44.3 Å². The zero-order valence-electron chi connectivity index (χ0n) is 23.4. The molecule has 3 N–H and O–H groups in total. The van der Waals surface area contributed by atoms with Gasteiger partial charge in [0.15, 0.2) is 0 Å². The molecule has 0 radical (unpaired) electrons. The van der Waals surface area contributed by atoms with E-state index < -0.39 is 0 Å². The SMILES string of the molecule is Cc1ccccc1CNc1ncc(C#N)c(NC[C@@]23CCCC(C[C@@H](CNCC4CCC(C#N)CC4)C2)C3)n1. The third-order valence-corrected chi connectivity index (χ3v) is 9.56. The predicted molar refractivity (Wildman–Crippen MR) is 155 cm³/mol. The zero-order valence-corrected chi connectivity index (χ0v) is 23.4. The highest BCUT2D eigenvalue weighted by Crippen LogP contribution is 2.51. The molecule has 7 heteroatoms. The van der Waals surface area contributed by atoms with Gasteiger partial charge in [-0.3, -0.25) is 0 Å². The Hall–Kier alpha value is -3.16. The number of nitrogens with zero attached hydrogens (tertiary/aromatic N) is 4. The van der Waals surface area contributed by atoms with Gasteiger partial charge in [0.2, 0.25) is 5.95 Å². The van der Waals surface area contributed by atoms with Gasteiger partial charge in [-0.05, 0) is 106 Å². The van der Waals surface area contributed by atoms with Crippen molar-refractivity contribution in [3.05, 3.63) is 47.2 Å². The summed E-state index contributed by atoms with van der Waals surface area (Å²) in [4.78, 5) is 9.11. The number of nitriles is 2. The van der Waals surface area contributed by atoms with Crippen molar-refractivity contribution in [1.82, 2.24) is 15.3 Å². The Morgan fingerprint density at radius 2 is 1.82 bits per heavy atom. The van der Waals surface area contributed by atoms with Crippen LogP contribution in [0.4, 0.5) is 11.8 Å². The van der Waals surface area contributed by atoms with Gasteiger partial charge in [-0.2, -0.15) is 15.5 Å². The number of hydrogen-bond acceptors (Lipinski definition) is 7. The normalized spacial score (nSPS) is 28.2. The lowest BCUT2D eigenvalue weighted by Gasteiger charge is -2.49. The van der Waals surface area contributed by atoms with Crippen LogP contribution in [0.3, 0.4) is 0 Å². The number of hydrogen-bond donors (Lipinski definition) is 3. The van der Waals surface area contributed by atoms with Crippen LogP contribution in [0.5, 0.6) is 0 Å². The molecule has 3 aliphatic rings. The van der Waals surface area contributed by atoms with Gasteiger partial charge in [0, 0.05) is 19.0 Å². The van der Waals surface area contributed by atoms with Crippen LogP contribution in [0.15, 0.2) is 30.5 Å². The molecule has 1 aromatic carbocycles. The summed E-state index contributed by atoms with van der Waals surface area (Å²) in [5.41, 5.74) is 3.21. The first-order valence-electron chi connectivity index (χ1n) is 15.0. The number of rotatable bonds is 10. The number of nitrogens with one attached hydrogen (secondary N) is 3. The molecule has 3 atom stereocenters. The minimum absolute atomic E-state index is 0.269. The molecule has 2 bridgehead atoms. The van der Waals surface area contributed by atoms with Crippen molar-refractivity contribution in [1.29, 1.82) is 10.5 Å². The van der Waals surface area contributed by atoms with Gasteiger partial charge in [-0.25, -0.2) is 4.98 Å². The Morgan fingerprint density at radius 3 is 2.62 bits per heavy atom. The topological polar surface area (TPSA) is 109 Å². The summed E-state index contributed by atoms with van der Waals surface area (Å²) in [6, 6.07) is 13.0. The van der Waals surface area contributed by atoms with Gasteiger partial charge < -0.3 is 16.0 Å². The smallest absolute Gasteiger partial charge is 0.224 e. The number of benzene rings is 1. The zero-order chi connectivity index (χ0) is 27.1. The van der Waals surface area contributed by atoms with Crippen molar-refractivity contribution < 1.29 is 0 Å². The molecular formula is C32H43N7. The van der Waals surface area contributed by atoms with Crippen LogP contribution in [0.25, 0.3) is 0 Å². The van der Waals surface area contributed by atoms with Crippen LogP contribution < -0.4 is 16.0 Å². The molecule has 1 heterocycles. The maximum Gasteiger partial charge on any atom is 0.224 e. The molecular weight excluding hydrogens is 482 g/mol. The van der Waals surface area contributed by atoms with Crippen LogP contribution >= 0.6 is 0 Å². The number of aryl methyl sites for hydroxylation is 1. The van der Waals surface area contributed by atoms with E-state index in [1.807, 2.05) is 12.1 Å². The monoisotopic (exact) mass is 525 g/mol. The maximum atomic E-state index is 9.73. The van der Waals surface area contributed by atoms with E-state index in [1.165, 1.54) is 62.5 Å². The predicted octanol–water partition coefficient (Wildman–Crippen LogP) is 6.19. The summed E-state index contributed by atoms with van der Waals surface area (Å²) < 4.78 is 0. The van der Waals surface area contributed by atoms with Crippen LogP contribution in [0.2, 0.25) is 0 Å². The van der Waals surface area contributed by atoms with Gasteiger partial charge in [0.05, 0.1) is 12.3 Å². The Kier molecular flexibility index (Phi) is 8.99. The molecule has 3 saturated carbocycles. The van der Waals surface area contributed by atoms with E-state index >= 15 is 0 Å². The Balaban J connectivity index is 1.17. The highest BCUT2D eigenvalue weighted by atomic mass is 15.1. The summed E-state index contributed by atoms with van der Waals surface area (Å²) in [5.74, 6) is 3.71. The van der Waals surface area contributed by atoms with E-state index in [9.17, 15) is 5.26 Å². The summed E-state index contributed by atoms with van der Waals surface area (Å²) in [6.45, 7) is 5.81. The van der Waals surface area contributed by atoms with Crippen molar-refractivity contribution >= 4 is 11.8 Å². The average Bonchev–Trinajstić information content (AvgIpc) is 2.96. The quantitative estimate of drug-likeness (QED) is 0.339. The van der Waals surface area contributed by atoms with Gasteiger partial charge in [-0.1, -0.05) is 37.1 Å². The summed E-state index contributed by atoms with van der Waals surface area (Å²) in [7, 11) is 0. The minimum Gasteiger partial charge on any atom is -0.368 e. The molecule has 206 valence electrons. The van der Waals surface area contributed by atoms with Crippen molar-refractivity contribution in [3.63, 3.8) is 0 Å². The molecule has 39 heavy (non-hydrogen) atoms. The van der Waals surface area contributed by atoms with Crippen molar-refractivity contribution in [2.75, 3.05) is 30.3 Å². The summed E-state index contributed by atoms with van der Waals surface area (Å²) in [5, 5.41) is 29.7. The molecule has 5 rings (SSSR count). The number of fused-ring (bicyclic) bond motifs is 2. The molecule has 1 aromatic heterocycles. The lowest BCUT2D eigenvalue weighted by Crippen LogP contribution is -2.44. The number of anilines is 2. The van der Waals surface area contributed by atoms with Crippen LogP contribution in [0.1, 0.15) is 80.9 Å². The summed E-state index contributed by atoms with van der Waals surface area (Å²) in [6.07, 6.45) is 13.9. The summed E-state index contributed by atoms with van der Waals surface area (Å²) >= 11 is 0. The lowest BCUT2D eigenvalue weighted by atomic mass is 9.59. The first-order chi connectivity index (χ1) is 19.1. The van der Waals surface area contributed by atoms with Crippen LogP contribution in [-0.2, 0) is 6.54 Å². The first-order valence-corrected chi connectivity index (χ1v) is 15.0. The van der Waals surface area contributed by atoms with Crippen LogP contribution in [-0.4, -0.2) is 29.6 Å². The second-order valence-electron chi connectivity index (χ2n) is 12.5. The molecule has 0 aliphatic heterocycles. The third-order valence-electron chi connectivity index (χ3n) is 9.56. The van der Waals surface area contributed by atoms with Gasteiger partial charge in [-0.15, -0.1) is 0 Å². The highest BCUT2D eigenvalue weighted by molar-refractivity contribution is 5.53. The molecule has 0 saturated heterocycles. The molecule has 2 aromatic rings. The average molecular weight is 526 g/mol. The second kappa shape index (κ2) is 12.8. The standard InChI is InChI=1S/C32H43N7/c1-23-5-2-3-7-28(23)20-36-31-37-21-29(17-34)30(39-31)38-22-32-12-4-6-26(14-32)13-27(15-32)19-35-18-25-10-8-24(16-33)9-11-25/h2-3,5,7,21,24-27,35H,4,6,8-15,18-20,22H2,1H3,(H2,36,37,38,39)/t24?,25?,26?,27-,32-/m1/s1. The van der Waals surface area contributed by atoms with E-state index in [-0.39, 0.29) is 11.3 Å². The van der Waals surface area contributed by atoms with E-state index in [0.29, 0.717) is 29.8 Å². The molecule has 0 spiro atoms. The molecule has 3 aliphatic carbocycles. The van der Waals surface area contributed by atoms with E-state index in [2.05, 4.69) is 52.1 Å². The largest absolute Gasteiger partial charge is 0.368 e. The first kappa shape index (κ1) is 27.4. The lowest BCUT2D eigenvalue weighted by molar-refractivity contribution is 0.0496. The van der Waals surface area contributed by atoms with Crippen molar-refractivity contribution in [2.45, 2.75) is 77.7 Å². The molecule has 1 unspecified atom stereocenters. The highest BCUT2D eigenvalue weighted by Gasteiger charge is 2.43. The Bertz CT molecular complexity index is 1190. The molecule has 7 nitrogen and oxygen atoms in total. The fraction of sp³-hybridized carbons (Fsp3) is 0.625. The second-order valence-corrected chi connectivity index (χ2v) is 12.5. The van der Waals surface area contributed by atoms with Crippen molar-refractivity contribution in [3.8, 4) is 12.1 Å². The van der Waals surface area contributed by atoms with E-state index in [1.54, 1.807) is 6.20 Å². The molecule has 0 amide bonds. The van der Waals surface area contributed by atoms with E-state index in [4.69, 9.17) is 10.2 Å². The Labute approximate surface area is 233 Å². The van der Waals surface area contributed by atoms with Crippen LogP contribution in [0, 0.1) is 58.7 Å². The fourth-order valence-corrected chi connectivity index (χ4v) is 7.45. The van der Waals surface area contributed by atoms with Gasteiger partial charge in [0.25, 0.3) is 0 Å². The fourth-order valence-electron chi connectivity index (χ4n) is 7.45. The third kappa shape index (κ3) is 7.08. The van der Waals surface area contributed by atoms with Gasteiger partial charge in [0.1, 0.15) is 17.5 Å².